The van der Waals surface area contributed by atoms with Crippen LogP contribution < -0.4 is 19.5 Å². The lowest BCUT2D eigenvalue weighted by Crippen LogP contribution is -2.39. The van der Waals surface area contributed by atoms with Crippen molar-refractivity contribution < 1.29 is 29.2 Å². The Morgan fingerprint density at radius 2 is 1.73 bits per heavy atom. The largest absolute Gasteiger partial charge is 0.492 e. The topological polar surface area (TPSA) is 161 Å². The van der Waals surface area contributed by atoms with Crippen molar-refractivity contribution in [2.24, 2.45) is 0 Å². The molecule has 0 spiro atoms. The van der Waals surface area contributed by atoms with Crippen molar-refractivity contribution in [3.8, 4) is 40.5 Å². The highest BCUT2D eigenvalue weighted by molar-refractivity contribution is 6.32. The monoisotopic (exact) mass is 709 g/mol. The summed E-state index contributed by atoms with van der Waals surface area (Å²) in [7, 11) is 0. The summed E-state index contributed by atoms with van der Waals surface area (Å²) >= 11 is 6.68. The van der Waals surface area contributed by atoms with E-state index in [0.717, 1.165) is 48.3 Å². The second-order valence-corrected chi connectivity index (χ2v) is 12.7. The molecule has 0 unspecified atom stereocenters. The number of aliphatic carboxylic acids is 1. The lowest BCUT2D eigenvalue weighted by atomic mass is 9.93. The van der Waals surface area contributed by atoms with Crippen molar-refractivity contribution in [2.45, 2.75) is 52.0 Å². The summed E-state index contributed by atoms with van der Waals surface area (Å²) < 4.78 is 18.5. The molecule has 1 saturated heterocycles. The molecular formula is C39H40ClN5O6. The van der Waals surface area contributed by atoms with Crippen LogP contribution in [0.5, 0.6) is 17.2 Å². The van der Waals surface area contributed by atoms with Gasteiger partial charge in [0.2, 0.25) is 0 Å². The minimum Gasteiger partial charge on any atom is -0.492 e. The Balaban J connectivity index is 1.34. The van der Waals surface area contributed by atoms with Crippen LogP contribution in [0.1, 0.15) is 52.6 Å². The van der Waals surface area contributed by atoms with Gasteiger partial charge in [-0.25, -0.2) is 0 Å². The smallest absolute Gasteiger partial charge is 0.323 e. The van der Waals surface area contributed by atoms with E-state index >= 15 is 0 Å². The van der Waals surface area contributed by atoms with Gasteiger partial charge in [-0.2, -0.15) is 10.5 Å². The van der Waals surface area contributed by atoms with Crippen LogP contribution in [-0.2, 0) is 24.6 Å². The summed E-state index contributed by atoms with van der Waals surface area (Å²) in [6.07, 6.45) is 6.43. The van der Waals surface area contributed by atoms with Crippen LogP contribution in [-0.4, -0.2) is 65.0 Å². The van der Waals surface area contributed by atoms with Gasteiger partial charge < -0.3 is 29.3 Å². The summed E-state index contributed by atoms with van der Waals surface area (Å²) in [5.74, 6) is 0.0723. The van der Waals surface area contributed by atoms with Crippen molar-refractivity contribution in [1.29, 1.82) is 10.5 Å². The number of likely N-dealkylation sites (tertiary alicyclic amines) is 1. The van der Waals surface area contributed by atoms with Gasteiger partial charge in [-0.15, -0.1) is 0 Å². The first-order valence-corrected chi connectivity index (χ1v) is 17.1. The van der Waals surface area contributed by atoms with Crippen LogP contribution in [0.15, 0.2) is 67.0 Å². The number of carbonyl (C=O) groups is 1. The number of aliphatic hydroxyl groups is 1. The number of hydrogen-bond acceptors (Lipinski definition) is 10. The molecule has 5 rings (SSSR count). The molecule has 51 heavy (non-hydrogen) atoms. The first-order chi connectivity index (χ1) is 24.8. The Bertz CT molecular complexity index is 1920. The Hall–Kier alpha value is -5.17. The molecule has 11 nitrogen and oxygen atoms in total. The molecule has 1 aliphatic heterocycles. The first kappa shape index (κ1) is 37.1. The standard InChI is InChI=1S/C39H40ClN5O6/c1-26-29(7-4-8-31(26)32-9-5-10-36(33(32)19-42)49-14-6-13-45-11-2-3-12-45)25-51-38-17-37(50-24-28-15-27(18-41)20-43-21-28)30(16-34(38)40)22-44-35(23-46)39(47)48/h4-5,7-10,15-17,20-21,35,44,46H,2-3,6,11-14,22-25H2,1H3,(H,47,48)/t35-/m0/s1. The highest BCUT2D eigenvalue weighted by Gasteiger charge is 2.19. The number of aliphatic hydroxyl groups excluding tert-OH is 1. The zero-order chi connectivity index (χ0) is 36.2. The zero-order valence-electron chi connectivity index (χ0n) is 28.4. The van der Waals surface area contributed by atoms with Crippen molar-refractivity contribution in [1.82, 2.24) is 15.2 Å². The fourth-order valence-electron chi connectivity index (χ4n) is 5.97. The Kier molecular flexibility index (Phi) is 13.2. The van der Waals surface area contributed by atoms with E-state index in [1.807, 2.05) is 43.3 Å². The van der Waals surface area contributed by atoms with E-state index in [1.54, 1.807) is 24.4 Å². The summed E-state index contributed by atoms with van der Waals surface area (Å²) in [4.78, 5) is 18.0. The van der Waals surface area contributed by atoms with Crippen LogP contribution in [0.3, 0.4) is 0 Å². The van der Waals surface area contributed by atoms with E-state index in [1.165, 1.54) is 19.0 Å². The van der Waals surface area contributed by atoms with Gasteiger partial charge in [-0.05, 0) is 74.2 Å². The number of pyridine rings is 1. The van der Waals surface area contributed by atoms with Gasteiger partial charge in [0.25, 0.3) is 0 Å². The van der Waals surface area contributed by atoms with Gasteiger partial charge in [0.15, 0.2) is 0 Å². The predicted octanol–water partition coefficient (Wildman–Crippen LogP) is 6.01. The Labute approximate surface area is 302 Å². The normalized spacial score (nSPS) is 13.3. The predicted molar refractivity (Wildman–Crippen MR) is 192 cm³/mol. The minimum absolute atomic E-state index is 0.0347. The summed E-state index contributed by atoms with van der Waals surface area (Å²) in [6, 6.07) is 19.6. The van der Waals surface area contributed by atoms with Gasteiger partial charge in [-0.1, -0.05) is 41.9 Å². The highest BCUT2D eigenvalue weighted by atomic mass is 35.5. The molecule has 1 aromatic heterocycles. The molecule has 0 saturated carbocycles. The minimum atomic E-state index is -1.20. The van der Waals surface area contributed by atoms with Crippen LogP contribution in [0.4, 0.5) is 0 Å². The van der Waals surface area contributed by atoms with Gasteiger partial charge in [-0.3, -0.25) is 15.1 Å². The van der Waals surface area contributed by atoms with Crippen molar-refractivity contribution in [2.75, 3.05) is 32.8 Å². The molecule has 0 aliphatic carbocycles. The number of benzene rings is 3. The molecule has 1 fully saturated rings. The van der Waals surface area contributed by atoms with Crippen LogP contribution >= 0.6 is 11.6 Å². The van der Waals surface area contributed by atoms with Crippen molar-refractivity contribution in [3.05, 3.63) is 105 Å². The molecule has 1 atom stereocenters. The molecule has 3 N–H and O–H groups in total. The summed E-state index contributed by atoms with van der Waals surface area (Å²) in [5.41, 5.74) is 5.54. The van der Waals surface area contributed by atoms with Crippen LogP contribution in [0, 0.1) is 29.6 Å². The SMILES string of the molecule is Cc1c(COc2cc(OCc3cncc(C#N)c3)c(CN[C@@H](CO)C(=O)O)cc2Cl)cccc1-c1cccc(OCCCN2CCCC2)c1C#N. The number of nitrogens with one attached hydrogen (secondary N) is 1. The van der Waals surface area contributed by atoms with E-state index in [-0.39, 0.29) is 24.8 Å². The third kappa shape index (κ3) is 9.75. The lowest BCUT2D eigenvalue weighted by Gasteiger charge is -2.19. The molecule has 4 aromatic rings. The van der Waals surface area contributed by atoms with Crippen molar-refractivity contribution >= 4 is 17.6 Å². The average Bonchev–Trinajstić information content (AvgIpc) is 3.67. The van der Waals surface area contributed by atoms with E-state index < -0.39 is 18.6 Å². The number of rotatable bonds is 17. The molecule has 0 amide bonds. The summed E-state index contributed by atoms with van der Waals surface area (Å²) in [6.45, 7) is 5.44. The molecule has 1 aliphatic rings. The highest BCUT2D eigenvalue weighted by Crippen LogP contribution is 2.36. The molecule has 3 aromatic carbocycles. The average molecular weight is 710 g/mol. The summed E-state index contributed by atoms with van der Waals surface area (Å²) in [5, 5.41) is 41.4. The molecule has 264 valence electrons. The maximum Gasteiger partial charge on any atom is 0.323 e. The quantitative estimate of drug-likeness (QED) is 0.110. The van der Waals surface area contributed by atoms with E-state index in [0.29, 0.717) is 46.1 Å². The molecule has 2 heterocycles. The number of hydrogen-bond donors (Lipinski definition) is 3. The fraction of sp³-hybridized carbons (Fsp3) is 0.333. The second-order valence-electron chi connectivity index (χ2n) is 12.2. The molecule has 0 bridgehead atoms. The number of halogens is 1. The maximum absolute atomic E-state index is 11.5. The number of carboxylic acids is 1. The third-order valence-electron chi connectivity index (χ3n) is 8.79. The van der Waals surface area contributed by atoms with Crippen LogP contribution in [0.2, 0.25) is 5.02 Å². The van der Waals surface area contributed by atoms with Crippen molar-refractivity contribution in [3.63, 3.8) is 0 Å². The van der Waals surface area contributed by atoms with E-state index in [2.05, 4.69) is 27.3 Å². The number of aromatic nitrogens is 1. The fourth-order valence-corrected chi connectivity index (χ4v) is 6.21. The first-order valence-electron chi connectivity index (χ1n) is 16.8. The van der Waals surface area contributed by atoms with Gasteiger partial charge in [0.05, 0.1) is 23.8 Å². The maximum atomic E-state index is 11.5. The number of ether oxygens (including phenoxy) is 3. The number of nitriles is 2. The molecular weight excluding hydrogens is 670 g/mol. The molecule has 12 heteroatoms. The van der Waals surface area contributed by atoms with Crippen LogP contribution in [0.25, 0.3) is 11.1 Å². The zero-order valence-corrected chi connectivity index (χ0v) is 29.2. The lowest BCUT2D eigenvalue weighted by molar-refractivity contribution is -0.140. The van der Waals surface area contributed by atoms with Gasteiger partial charge >= 0.3 is 5.97 Å². The number of nitrogens with zero attached hydrogens (tertiary/aromatic N) is 4. The van der Waals surface area contributed by atoms with Gasteiger partial charge in [0, 0.05) is 48.2 Å². The molecule has 0 radical (unpaired) electrons. The second kappa shape index (κ2) is 18.2. The van der Waals surface area contributed by atoms with E-state index in [4.69, 9.17) is 25.8 Å². The Morgan fingerprint density at radius 1 is 0.961 bits per heavy atom. The third-order valence-corrected chi connectivity index (χ3v) is 9.08. The van der Waals surface area contributed by atoms with Gasteiger partial charge in [0.1, 0.15) is 54.2 Å². The Morgan fingerprint density at radius 3 is 2.47 bits per heavy atom. The van der Waals surface area contributed by atoms with E-state index in [9.17, 15) is 25.5 Å². The number of carboxylic acid groups (broad SMARTS) is 1.